The molecule has 0 bridgehead atoms. The number of halogens is 3. The average Bonchev–Trinajstić information content (AvgIpc) is 3.64. The minimum Gasteiger partial charge on any atom is -0.280 e. The summed E-state index contributed by atoms with van der Waals surface area (Å²) in [5, 5.41) is 9.23. The smallest absolute Gasteiger partial charge is 0.274 e. The molecule has 0 aliphatic heterocycles. The van der Waals surface area contributed by atoms with Crippen molar-refractivity contribution in [2.24, 2.45) is 0 Å². The predicted molar refractivity (Wildman–Crippen MR) is 129 cm³/mol. The number of hydrogen-bond acceptors (Lipinski definition) is 4. The van der Waals surface area contributed by atoms with Gasteiger partial charge in [-0.05, 0) is 79.1 Å². The minimum absolute atomic E-state index is 0.0819. The molecule has 1 aliphatic rings. The van der Waals surface area contributed by atoms with Crippen LogP contribution >= 0.6 is 11.6 Å². The lowest BCUT2D eigenvalue weighted by Crippen LogP contribution is -2.23. The molecule has 0 radical (unpaired) electrons. The third kappa shape index (κ3) is 4.00. The molecule has 1 aliphatic carbocycles. The zero-order chi connectivity index (χ0) is 24.9. The van der Waals surface area contributed by atoms with Crippen LogP contribution in [-0.2, 0) is 0 Å². The summed E-state index contributed by atoms with van der Waals surface area (Å²) in [4.78, 5) is 21.5. The van der Waals surface area contributed by atoms with Crippen LogP contribution in [0, 0.1) is 36.8 Å². The Hall–Kier alpha value is -3.89. The summed E-state index contributed by atoms with van der Waals surface area (Å²) >= 11 is 6.59. The van der Waals surface area contributed by atoms with Crippen LogP contribution in [0.3, 0.4) is 0 Å². The number of aryl methyl sites for hydroxylation is 2. The second-order valence-electron chi connectivity index (χ2n) is 8.68. The van der Waals surface area contributed by atoms with E-state index in [0.717, 1.165) is 17.5 Å². The largest absolute Gasteiger partial charge is 0.280 e. The highest BCUT2D eigenvalue weighted by atomic mass is 35.5. The average molecular weight is 489 g/mol. The Morgan fingerprint density at radius 1 is 1.09 bits per heavy atom. The van der Waals surface area contributed by atoms with Crippen molar-refractivity contribution in [2.45, 2.75) is 32.1 Å². The van der Waals surface area contributed by atoms with Crippen LogP contribution in [0.1, 0.15) is 46.3 Å². The van der Waals surface area contributed by atoms with Crippen LogP contribution in [0.4, 0.5) is 8.78 Å². The fourth-order valence-electron chi connectivity index (χ4n) is 4.54. The Balaban J connectivity index is 1.56. The molecular weight excluding hydrogens is 470 g/mol. The first-order valence-corrected chi connectivity index (χ1v) is 11.4. The molecule has 1 fully saturated rings. The maximum absolute atomic E-state index is 14.7. The van der Waals surface area contributed by atoms with Gasteiger partial charge in [-0.1, -0.05) is 23.7 Å². The lowest BCUT2D eigenvalue weighted by Gasteiger charge is -2.17. The molecule has 35 heavy (non-hydrogen) atoms. The zero-order valence-corrected chi connectivity index (χ0v) is 19.6. The highest BCUT2D eigenvalue weighted by Gasteiger charge is 2.41. The lowest BCUT2D eigenvalue weighted by molar-refractivity contribution is 0.619. The van der Waals surface area contributed by atoms with Gasteiger partial charge >= 0.3 is 0 Å². The van der Waals surface area contributed by atoms with E-state index in [4.69, 9.17) is 16.9 Å². The molecule has 174 valence electrons. The molecule has 0 N–H and O–H groups in total. The lowest BCUT2D eigenvalue weighted by atomic mass is 10.0. The molecule has 4 aromatic rings. The highest BCUT2D eigenvalue weighted by Crippen LogP contribution is 2.55. The van der Waals surface area contributed by atoms with Crippen LogP contribution in [-0.4, -0.2) is 14.5 Å². The summed E-state index contributed by atoms with van der Waals surface area (Å²) in [6, 6.07) is 13.1. The first-order valence-electron chi connectivity index (χ1n) is 11.0. The van der Waals surface area contributed by atoms with E-state index < -0.39 is 5.82 Å². The SMILES string of the molecule is Cc1cnc(-c2ccnc(C#N)c2F)cc1-n1c(C)cc([C@@H]2CC2c2ccc(F)cc2)c(Cl)c1=O. The van der Waals surface area contributed by atoms with Crippen molar-refractivity contribution in [1.29, 1.82) is 5.26 Å². The predicted octanol–water partition coefficient (Wildman–Crippen LogP) is 5.99. The number of aromatic nitrogens is 3. The van der Waals surface area contributed by atoms with Gasteiger partial charge in [0.15, 0.2) is 11.5 Å². The monoisotopic (exact) mass is 488 g/mol. The number of nitrogens with zero attached hydrogens (tertiary/aromatic N) is 4. The quantitative estimate of drug-likeness (QED) is 0.354. The van der Waals surface area contributed by atoms with Crippen molar-refractivity contribution in [3.63, 3.8) is 0 Å². The second-order valence-corrected chi connectivity index (χ2v) is 9.06. The number of pyridine rings is 3. The molecule has 1 unspecified atom stereocenters. The van der Waals surface area contributed by atoms with E-state index in [-0.39, 0.29) is 45.2 Å². The summed E-state index contributed by atoms with van der Waals surface area (Å²) < 4.78 is 29.5. The summed E-state index contributed by atoms with van der Waals surface area (Å²) in [7, 11) is 0. The van der Waals surface area contributed by atoms with Crippen LogP contribution in [0.2, 0.25) is 5.02 Å². The van der Waals surface area contributed by atoms with Gasteiger partial charge in [0.1, 0.15) is 16.9 Å². The van der Waals surface area contributed by atoms with Crippen LogP contribution in [0.5, 0.6) is 0 Å². The molecule has 3 heterocycles. The fourth-order valence-corrected chi connectivity index (χ4v) is 4.82. The van der Waals surface area contributed by atoms with Gasteiger partial charge in [-0.3, -0.25) is 14.3 Å². The van der Waals surface area contributed by atoms with Crippen molar-refractivity contribution in [3.05, 3.63) is 110 Å². The van der Waals surface area contributed by atoms with Gasteiger partial charge in [0.25, 0.3) is 5.56 Å². The van der Waals surface area contributed by atoms with Gasteiger partial charge in [-0.25, -0.2) is 13.8 Å². The summed E-state index contributed by atoms with van der Waals surface area (Å²) in [5.74, 6) is -0.792. The van der Waals surface area contributed by atoms with E-state index in [1.54, 1.807) is 37.4 Å². The Labute approximate surface area is 205 Å². The Morgan fingerprint density at radius 3 is 2.54 bits per heavy atom. The van der Waals surface area contributed by atoms with Crippen molar-refractivity contribution < 1.29 is 8.78 Å². The highest BCUT2D eigenvalue weighted by molar-refractivity contribution is 6.31. The maximum Gasteiger partial charge on any atom is 0.274 e. The number of rotatable bonds is 4. The van der Waals surface area contributed by atoms with Crippen molar-refractivity contribution in [3.8, 4) is 23.0 Å². The Morgan fingerprint density at radius 2 is 1.83 bits per heavy atom. The molecule has 3 aromatic heterocycles. The first kappa shape index (κ1) is 22.9. The summed E-state index contributed by atoms with van der Waals surface area (Å²) in [6.45, 7) is 3.62. The summed E-state index contributed by atoms with van der Waals surface area (Å²) in [6.07, 6.45) is 3.72. The summed E-state index contributed by atoms with van der Waals surface area (Å²) in [5.41, 5.74) is 3.36. The van der Waals surface area contributed by atoms with E-state index >= 15 is 0 Å². The topological polar surface area (TPSA) is 71.6 Å². The van der Waals surface area contributed by atoms with Gasteiger partial charge in [-0.15, -0.1) is 0 Å². The Kier molecular flexibility index (Phi) is 5.70. The molecule has 1 saturated carbocycles. The van der Waals surface area contributed by atoms with E-state index in [9.17, 15) is 13.6 Å². The third-order valence-corrected chi connectivity index (χ3v) is 6.82. The normalized spacial score (nSPS) is 16.7. The van der Waals surface area contributed by atoms with Gasteiger partial charge < -0.3 is 0 Å². The molecule has 1 aromatic carbocycles. The van der Waals surface area contributed by atoms with Crippen LogP contribution in [0.15, 0.2) is 59.7 Å². The molecular formula is C27H19ClF2N4O. The van der Waals surface area contributed by atoms with Gasteiger partial charge in [-0.2, -0.15) is 5.26 Å². The fraction of sp³-hybridized carbons (Fsp3) is 0.185. The number of nitriles is 1. The van der Waals surface area contributed by atoms with Gasteiger partial charge in [0.05, 0.1) is 11.4 Å². The van der Waals surface area contributed by atoms with E-state index in [0.29, 0.717) is 16.9 Å². The molecule has 8 heteroatoms. The third-order valence-electron chi connectivity index (χ3n) is 6.44. The van der Waals surface area contributed by atoms with Crippen LogP contribution < -0.4 is 5.56 Å². The van der Waals surface area contributed by atoms with Crippen molar-refractivity contribution in [2.75, 3.05) is 0 Å². The number of benzene rings is 1. The van der Waals surface area contributed by atoms with Crippen LogP contribution in [0.25, 0.3) is 16.9 Å². The molecule has 0 spiro atoms. The van der Waals surface area contributed by atoms with E-state index in [1.165, 1.54) is 29.0 Å². The number of hydrogen-bond donors (Lipinski definition) is 0. The Bertz CT molecular complexity index is 1570. The molecule has 5 nitrogen and oxygen atoms in total. The zero-order valence-electron chi connectivity index (χ0n) is 18.9. The van der Waals surface area contributed by atoms with Gasteiger partial charge in [0, 0.05) is 23.7 Å². The molecule has 2 atom stereocenters. The standard InChI is InChI=1S/C27H19ClF2N4O/c1-14-13-33-22(18-7-8-32-23(12-31)26(18)30)11-24(14)34-15(2)9-21(25(28)27(34)35)20-10-19(20)16-3-5-17(29)6-4-16/h3-9,11,13,19-20H,10H2,1-2H3/t19?,20-/m1/s1. The molecule has 0 amide bonds. The van der Waals surface area contributed by atoms with Crippen molar-refractivity contribution >= 4 is 11.6 Å². The molecule has 5 rings (SSSR count). The first-order chi connectivity index (χ1) is 16.8. The maximum atomic E-state index is 14.7. The van der Waals surface area contributed by atoms with E-state index in [1.807, 2.05) is 13.0 Å². The van der Waals surface area contributed by atoms with E-state index in [2.05, 4.69) is 9.97 Å². The minimum atomic E-state index is -0.768. The van der Waals surface area contributed by atoms with Crippen molar-refractivity contribution in [1.82, 2.24) is 14.5 Å². The molecule has 0 saturated heterocycles. The second kappa shape index (κ2) is 8.71. The van der Waals surface area contributed by atoms with Gasteiger partial charge in [0.2, 0.25) is 0 Å².